The summed E-state index contributed by atoms with van der Waals surface area (Å²) in [6, 6.07) is 12.3. The Labute approximate surface area is 116 Å². The van der Waals surface area contributed by atoms with Gasteiger partial charge in [-0.1, -0.05) is 18.2 Å². The lowest BCUT2D eigenvalue weighted by Gasteiger charge is -2.18. The molecule has 4 heteroatoms. The smallest absolute Gasteiger partial charge is 0.138 e. The quantitative estimate of drug-likeness (QED) is 0.747. The molecule has 20 heavy (non-hydrogen) atoms. The molecule has 1 heterocycles. The molecule has 0 saturated heterocycles. The van der Waals surface area contributed by atoms with Gasteiger partial charge in [0.2, 0.25) is 0 Å². The molecule has 3 nitrogen and oxygen atoms in total. The molecule has 0 atom stereocenters. The van der Waals surface area contributed by atoms with Crippen LogP contribution in [0.4, 0.5) is 4.39 Å². The van der Waals surface area contributed by atoms with Crippen molar-refractivity contribution < 1.29 is 4.39 Å². The number of hydrogen-bond acceptors (Lipinski definition) is 2. The zero-order valence-corrected chi connectivity index (χ0v) is 11.4. The summed E-state index contributed by atoms with van der Waals surface area (Å²) in [5, 5.41) is 0. The van der Waals surface area contributed by atoms with E-state index in [1.807, 2.05) is 38.1 Å². The van der Waals surface area contributed by atoms with E-state index in [0.29, 0.717) is 5.82 Å². The molecule has 1 aromatic heterocycles. The fraction of sp³-hybridized carbons (Fsp3) is 0.188. The third kappa shape index (κ3) is 2.30. The first-order valence-corrected chi connectivity index (χ1v) is 6.48. The molecule has 3 rings (SSSR count). The Morgan fingerprint density at radius 2 is 1.95 bits per heavy atom. The molecule has 0 bridgehead atoms. The van der Waals surface area contributed by atoms with E-state index in [4.69, 9.17) is 5.73 Å². The SMILES string of the molecule is CC(C)(N)c1ccc2nc(-c3cccc(F)c3)[nH]c2c1. The van der Waals surface area contributed by atoms with E-state index >= 15 is 0 Å². The molecule has 0 aliphatic carbocycles. The molecule has 3 aromatic rings. The summed E-state index contributed by atoms with van der Waals surface area (Å²) in [7, 11) is 0. The average Bonchev–Trinajstić information content (AvgIpc) is 2.80. The second-order valence-electron chi connectivity index (χ2n) is 5.55. The van der Waals surface area contributed by atoms with Crippen molar-refractivity contribution in [3.8, 4) is 11.4 Å². The standard InChI is InChI=1S/C16H16FN3/c1-16(2,18)11-6-7-13-14(9-11)20-15(19-13)10-4-3-5-12(17)8-10/h3-9H,18H2,1-2H3,(H,19,20). The number of nitrogens with one attached hydrogen (secondary N) is 1. The Kier molecular flexibility index (Phi) is 2.83. The first-order valence-electron chi connectivity index (χ1n) is 6.48. The van der Waals surface area contributed by atoms with Crippen LogP contribution in [0.5, 0.6) is 0 Å². The summed E-state index contributed by atoms with van der Waals surface area (Å²) in [4.78, 5) is 7.70. The summed E-state index contributed by atoms with van der Waals surface area (Å²) < 4.78 is 13.3. The lowest BCUT2D eigenvalue weighted by molar-refractivity contribution is 0.555. The third-order valence-electron chi connectivity index (χ3n) is 3.32. The Balaban J connectivity index is 2.11. The number of nitrogens with two attached hydrogens (primary N) is 1. The number of nitrogens with zero attached hydrogens (tertiary/aromatic N) is 1. The maximum absolute atomic E-state index is 13.3. The normalized spacial score (nSPS) is 12.0. The van der Waals surface area contributed by atoms with Gasteiger partial charge in [0.15, 0.2) is 0 Å². The summed E-state index contributed by atoms with van der Waals surface area (Å²) in [6.07, 6.45) is 0. The number of imidazole rings is 1. The lowest BCUT2D eigenvalue weighted by Crippen LogP contribution is -2.28. The molecule has 2 aromatic carbocycles. The molecule has 0 aliphatic heterocycles. The van der Waals surface area contributed by atoms with Crippen molar-refractivity contribution in [1.29, 1.82) is 0 Å². The minimum atomic E-state index is -0.404. The summed E-state index contributed by atoms with van der Waals surface area (Å²) in [5.74, 6) is 0.387. The van der Waals surface area contributed by atoms with Crippen molar-refractivity contribution in [3.63, 3.8) is 0 Å². The van der Waals surface area contributed by atoms with Gasteiger partial charge >= 0.3 is 0 Å². The summed E-state index contributed by atoms with van der Waals surface area (Å²) in [6.45, 7) is 3.91. The van der Waals surface area contributed by atoms with Crippen LogP contribution in [0.1, 0.15) is 19.4 Å². The molecular weight excluding hydrogens is 253 g/mol. The first kappa shape index (κ1) is 12.8. The number of aromatic nitrogens is 2. The molecule has 0 spiro atoms. The Bertz CT molecular complexity index is 769. The molecule has 0 saturated carbocycles. The Morgan fingerprint density at radius 1 is 1.15 bits per heavy atom. The summed E-state index contributed by atoms with van der Waals surface area (Å²) in [5.41, 5.74) is 9.20. The van der Waals surface area contributed by atoms with Crippen LogP contribution in [-0.2, 0) is 5.54 Å². The van der Waals surface area contributed by atoms with Crippen LogP contribution >= 0.6 is 0 Å². The highest BCUT2D eigenvalue weighted by molar-refractivity contribution is 5.80. The number of aromatic amines is 1. The second-order valence-corrected chi connectivity index (χ2v) is 5.55. The lowest BCUT2D eigenvalue weighted by atomic mass is 9.95. The van der Waals surface area contributed by atoms with Gasteiger partial charge < -0.3 is 10.7 Å². The van der Waals surface area contributed by atoms with Crippen LogP contribution in [0.2, 0.25) is 0 Å². The minimum absolute atomic E-state index is 0.272. The van der Waals surface area contributed by atoms with Crippen LogP contribution in [0, 0.1) is 5.82 Å². The molecule has 0 fully saturated rings. The molecule has 0 amide bonds. The van der Waals surface area contributed by atoms with E-state index in [0.717, 1.165) is 22.2 Å². The van der Waals surface area contributed by atoms with E-state index < -0.39 is 5.54 Å². The van der Waals surface area contributed by atoms with Crippen molar-refractivity contribution in [2.75, 3.05) is 0 Å². The van der Waals surface area contributed by atoms with Crippen LogP contribution in [0.3, 0.4) is 0 Å². The number of H-pyrrole nitrogens is 1. The van der Waals surface area contributed by atoms with E-state index in [9.17, 15) is 4.39 Å². The number of benzene rings is 2. The van der Waals surface area contributed by atoms with E-state index in [-0.39, 0.29) is 5.82 Å². The maximum atomic E-state index is 13.3. The van der Waals surface area contributed by atoms with Gasteiger partial charge in [-0.3, -0.25) is 0 Å². The average molecular weight is 269 g/mol. The van der Waals surface area contributed by atoms with Crippen LogP contribution in [0.15, 0.2) is 42.5 Å². The fourth-order valence-electron chi connectivity index (χ4n) is 2.18. The molecule has 3 N–H and O–H groups in total. The molecule has 0 aliphatic rings. The van der Waals surface area contributed by atoms with Crippen molar-refractivity contribution in [1.82, 2.24) is 9.97 Å². The third-order valence-corrected chi connectivity index (χ3v) is 3.32. The predicted molar refractivity (Wildman–Crippen MR) is 78.7 cm³/mol. The van der Waals surface area contributed by atoms with Gasteiger partial charge in [-0.2, -0.15) is 0 Å². The van der Waals surface area contributed by atoms with Gasteiger partial charge in [0.1, 0.15) is 11.6 Å². The second kappa shape index (κ2) is 4.42. The van der Waals surface area contributed by atoms with Gasteiger partial charge in [-0.25, -0.2) is 9.37 Å². The van der Waals surface area contributed by atoms with E-state index in [2.05, 4.69) is 9.97 Å². The molecule has 0 unspecified atom stereocenters. The molecule has 102 valence electrons. The fourth-order valence-corrected chi connectivity index (χ4v) is 2.18. The van der Waals surface area contributed by atoms with Gasteiger partial charge in [0, 0.05) is 11.1 Å². The summed E-state index contributed by atoms with van der Waals surface area (Å²) >= 11 is 0. The highest BCUT2D eigenvalue weighted by Gasteiger charge is 2.15. The minimum Gasteiger partial charge on any atom is -0.338 e. The van der Waals surface area contributed by atoms with Crippen molar-refractivity contribution in [2.45, 2.75) is 19.4 Å². The van der Waals surface area contributed by atoms with E-state index in [1.165, 1.54) is 12.1 Å². The highest BCUT2D eigenvalue weighted by Crippen LogP contribution is 2.25. The van der Waals surface area contributed by atoms with Crippen molar-refractivity contribution in [3.05, 3.63) is 53.8 Å². The van der Waals surface area contributed by atoms with Crippen molar-refractivity contribution >= 4 is 11.0 Å². The van der Waals surface area contributed by atoms with Gasteiger partial charge in [-0.05, 0) is 43.7 Å². The predicted octanol–water partition coefficient (Wildman–Crippen LogP) is 3.56. The molecular formula is C16H16FN3. The topological polar surface area (TPSA) is 54.7 Å². The number of halogens is 1. The Morgan fingerprint density at radius 3 is 2.65 bits per heavy atom. The maximum Gasteiger partial charge on any atom is 0.138 e. The monoisotopic (exact) mass is 269 g/mol. The number of rotatable bonds is 2. The highest BCUT2D eigenvalue weighted by atomic mass is 19.1. The molecule has 0 radical (unpaired) electrons. The number of hydrogen-bond donors (Lipinski definition) is 2. The zero-order valence-electron chi connectivity index (χ0n) is 11.4. The van der Waals surface area contributed by atoms with Crippen molar-refractivity contribution in [2.24, 2.45) is 5.73 Å². The van der Waals surface area contributed by atoms with Gasteiger partial charge in [0.05, 0.1) is 11.0 Å². The first-order chi connectivity index (χ1) is 9.43. The number of fused-ring (bicyclic) bond motifs is 1. The van der Waals surface area contributed by atoms with Crippen LogP contribution in [0.25, 0.3) is 22.4 Å². The van der Waals surface area contributed by atoms with Gasteiger partial charge in [-0.15, -0.1) is 0 Å². The van der Waals surface area contributed by atoms with Gasteiger partial charge in [0.25, 0.3) is 0 Å². The largest absolute Gasteiger partial charge is 0.338 e. The zero-order chi connectivity index (χ0) is 14.3. The van der Waals surface area contributed by atoms with E-state index in [1.54, 1.807) is 6.07 Å². The van der Waals surface area contributed by atoms with Crippen LogP contribution < -0.4 is 5.73 Å². The Hall–Kier alpha value is -2.20. The van der Waals surface area contributed by atoms with Crippen LogP contribution in [-0.4, -0.2) is 9.97 Å².